The number of nitrogens with zero attached hydrogens (tertiary/aromatic N) is 1. The highest BCUT2D eigenvalue weighted by Gasteiger charge is 2.41. The van der Waals surface area contributed by atoms with Gasteiger partial charge in [0.15, 0.2) is 0 Å². The van der Waals surface area contributed by atoms with E-state index in [9.17, 15) is 12.8 Å². The van der Waals surface area contributed by atoms with Gasteiger partial charge in [0, 0.05) is 28.1 Å². The van der Waals surface area contributed by atoms with Crippen LogP contribution in [-0.4, -0.2) is 38.5 Å². The molecule has 2 fully saturated rings. The Balaban J connectivity index is 1.95. The number of hydrogen-bond donors (Lipinski definition) is 0. The summed E-state index contributed by atoms with van der Waals surface area (Å²) >= 11 is 6.37. The fraction of sp³-hybridized carbons (Fsp3) is 0.571. The fourth-order valence-corrected chi connectivity index (χ4v) is 6.89. The van der Waals surface area contributed by atoms with Gasteiger partial charge in [-0.1, -0.05) is 0 Å². The van der Waals surface area contributed by atoms with Gasteiger partial charge in [-0.15, -0.1) is 0 Å². The molecule has 0 N–H and O–H groups in total. The van der Waals surface area contributed by atoms with E-state index < -0.39 is 15.8 Å². The lowest BCUT2D eigenvalue weighted by molar-refractivity contribution is 0.180. The highest BCUT2D eigenvalue weighted by atomic mass is 79.9. The maximum Gasteiger partial charge on any atom is 0.245 e. The predicted molar refractivity (Wildman–Crippen MR) is 87.6 cm³/mol. The number of hydrogen-bond acceptors (Lipinski definition) is 3. The molecule has 1 atom stereocenters. The fourth-order valence-electron chi connectivity index (χ4n) is 2.68. The van der Waals surface area contributed by atoms with Gasteiger partial charge in [0.2, 0.25) is 10.0 Å². The van der Waals surface area contributed by atoms with Gasteiger partial charge in [0.25, 0.3) is 0 Å². The van der Waals surface area contributed by atoms with Crippen LogP contribution in [0.5, 0.6) is 0 Å². The molecule has 4 nitrogen and oxygen atoms in total. The summed E-state index contributed by atoms with van der Waals surface area (Å²) < 4.78 is 46.9. The summed E-state index contributed by atoms with van der Waals surface area (Å²) in [4.78, 5) is 0.0970. The summed E-state index contributed by atoms with van der Waals surface area (Å²) in [6, 6.07) is 2.41. The summed E-state index contributed by atoms with van der Waals surface area (Å²) in [5.41, 5.74) is 0. The Bertz CT molecular complexity index is 650. The molecule has 2 aliphatic rings. The lowest BCUT2D eigenvalue weighted by Gasteiger charge is -2.25. The van der Waals surface area contributed by atoms with Crippen LogP contribution in [0.25, 0.3) is 0 Å². The van der Waals surface area contributed by atoms with Crippen LogP contribution in [-0.2, 0) is 14.8 Å². The smallest absolute Gasteiger partial charge is 0.245 e. The molecule has 1 aliphatic heterocycles. The molecule has 3 rings (SSSR count). The van der Waals surface area contributed by atoms with Crippen LogP contribution in [0.1, 0.15) is 19.3 Å². The second-order valence-electron chi connectivity index (χ2n) is 5.73. The second kappa shape index (κ2) is 6.47. The van der Waals surface area contributed by atoms with Crippen molar-refractivity contribution in [2.45, 2.75) is 30.2 Å². The highest BCUT2D eigenvalue weighted by molar-refractivity contribution is 9.11. The first-order chi connectivity index (χ1) is 10.4. The number of sulfonamides is 1. The van der Waals surface area contributed by atoms with Crippen molar-refractivity contribution in [3.05, 3.63) is 26.9 Å². The molecule has 0 unspecified atom stereocenters. The van der Waals surface area contributed by atoms with E-state index in [-0.39, 0.29) is 25.8 Å². The Kier molecular flexibility index (Phi) is 4.95. The van der Waals surface area contributed by atoms with E-state index in [0.29, 0.717) is 19.8 Å². The van der Waals surface area contributed by atoms with Crippen molar-refractivity contribution in [2.75, 3.05) is 19.8 Å². The first-order valence-electron chi connectivity index (χ1n) is 7.13. The third kappa shape index (κ3) is 3.40. The molecule has 1 aromatic carbocycles. The van der Waals surface area contributed by atoms with Gasteiger partial charge in [-0.2, -0.15) is 4.31 Å². The third-order valence-corrected chi connectivity index (χ3v) is 7.74. The Morgan fingerprint density at radius 2 is 1.86 bits per heavy atom. The van der Waals surface area contributed by atoms with E-state index >= 15 is 0 Å². The quantitative estimate of drug-likeness (QED) is 0.680. The van der Waals surface area contributed by atoms with Gasteiger partial charge in [0.1, 0.15) is 10.7 Å². The average Bonchev–Trinajstić information content (AvgIpc) is 3.10. The highest BCUT2D eigenvalue weighted by Crippen LogP contribution is 2.39. The van der Waals surface area contributed by atoms with Gasteiger partial charge in [0.05, 0.1) is 6.61 Å². The molecule has 0 spiro atoms. The molecule has 22 heavy (non-hydrogen) atoms. The van der Waals surface area contributed by atoms with Crippen LogP contribution in [0.4, 0.5) is 4.39 Å². The van der Waals surface area contributed by atoms with Crippen molar-refractivity contribution >= 4 is 41.9 Å². The summed E-state index contributed by atoms with van der Waals surface area (Å²) in [6.45, 7) is 1.75. The first kappa shape index (κ1) is 16.8. The zero-order valence-corrected chi connectivity index (χ0v) is 15.8. The lowest BCUT2D eigenvalue weighted by Crippen LogP contribution is -2.37. The Morgan fingerprint density at radius 1 is 1.23 bits per heavy atom. The van der Waals surface area contributed by atoms with E-state index in [1.54, 1.807) is 4.31 Å². The van der Waals surface area contributed by atoms with Gasteiger partial charge >= 0.3 is 0 Å². The molecule has 0 aromatic heterocycles. The van der Waals surface area contributed by atoms with Crippen molar-refractivity contribution in [3.63, 3.8) is 0 Å². The zero-order chi connectivity index (χ0) is 15.9. The molecular formula is C14H16Br2FNO3S. The summed E-state index contributed by atoms with van der Waals surface area (Å²) in [5.74, 6) is -0.256. The normalized spacial score (nSPS) is 22.5. The Morgan fingerprint density at radius 3 is 2.36 bits per heavy atom. The minimum absolute atomic E-state index is 0.0504. The van der Waals surface area contributed by atoms with Crippen LogP contribution in [0.2, 0.25) is 0 Å². The summed E-state index contributed by atoms with van der Waals surface area (Å²) in [7, 11) is -3.69. The van der Waals surface area contributed by atoms with Crippen LogP contribution >= 0.6 is 31.9 Å². The maximum absolute atomic E-state index is 13.4. The largest absolute Gasteiger partial charge is 0.381 e. The van der Waals surface area contributed by atoms with Crippen molar-refractivity contribution in [2.24, 2.45) is 5.92 Å². The molecule has 122 valence electrons. The minimum Gasteiger partial charge on any atom is -0.381 e. The van der Waals surface area contributed by atoms with Gasteiger partial charge in [-0.25, -0.2) is 12.8 Å². The SMILES string of the molecule is O=S(=O)(c1c(Br)cc(F)cc1Br)N(C[C@@H]1CCOC1)C1CC1. The van der Waals surface area contributed by atoms with Crippen LogP contribution in [0.15, 0.2) is 26.0 Å². The van der Waals surface area contributed by atoms with Gasteiger partial charge in [-0.05, 0) is 69.2 Å². The van der Waals surface area contributed by atoms with E-state index in [4.69, 9.17) is 4.74 Å². The number of ether oxygens (including phenoxy) is 1. The maximum atomic E-state index is 13.4. The van der Waals surface area contributed by atoms with Crippen molar-refractivity contribution in [1.82, 2.24) is 4.31 Å². The molecule has 1 aromatic rings. The molecule has 0 amide bonds. The topological polar surface area (TPSA) is 46.6 Å². The van der Waals surface area contributed by atoms with E-state index in [2.05, 4.69) is 31.9 Å². The molecule has 0 radical (unpaired) electrons. The van der Waals surface area contributed by atoms with Crippen molar-refractivity contribution < 1.29 is 17.5 Å². The molecule has 8 heteroatoms. The number of benzene rings is 1. The summed E-state index contributed by atoms with van der Waals surface area (Å²) in [5, 5.41) is 0. The molecule has 1 heterocycles. The van der Waals surface area contributed by atoms with E-state index in [1.165, 1.54) is 12.1 Å². The van der Waals surface area contributed by atoms with Gasteiger partial charge in [-0.3, -0.25) is 0 Å². The summed E-state index contributed by atoms with van der Waals surface area (Å²) in [6.07, 6.45) is 2.64. The van der Waals surface area contributed by atoms with Gasteiger partial charge < -0.3 is 4.74 Å². The van der Waals surface area contributed by atoms with Crippen LogP contribution in [0, 0.1) is 11.7 Å². The third-order valence-electron chi connectivity index (χ3n) is 3.95. The zero-order valence-electron chi connectivity index (χ0n) is 11.8. The number of halogens is 3. The van der Waals surface area contributed by atoms with E-state index in [1.807, 2.05) is 0 Å². The average molecular weight is 457 g/mol. The standard InChI is InChI=1S/C14H16Br2FNO3S/c15-12-5-10(17)6-13(16)14(12)22(19,20)18(11-1-2-11)7-9-3-4-21-8-9/h5-6,9,11H,1-4,7-8H2/t9-/m0/s1. The Labute approximate surface area is 146 Å². The number of rotatable bonds is 5. The van der Waals surface area contributed by atoms with Crippen molar-refractivity contribution in [3.8, 4) is 0 Å². The minimum atomic E-state index is -3.69. The van der Waals surface area contributed by atoms with Crippen LogP contribution < -0.4 is 0 Å². The Hall–Kier alpha value is -0.0200. The first-order valence-corrected chi connectivity index (χ1v) is 10.2. The second-order valence-corrected chi connectivity index (χ2v) is 9.27. The molecule has 0 bridgehead atoms. The predicted octanol–water partition coefficient (Wildman–Crippen LogP) is 3.54. The molecule has 1 aliphatic carbocycles. The molecule has 1 saturated carbocycles. The molecule has 1 saturated heterocycles. The van der Waals surface area contributed by atoms with Crippen LogP contribution in [0.3, 0.4) is 0 Å². The van der Waals surface area contributed by atoms with E-state index in [0.717, 1.165) is 19.3 Å². The monoisotopic (exact) mass is 455 g/mol. The molecular weight excluding hydrogens is 441 g/mol. The van der Waals surface area contributed by atoms with Crippen molar-refractivity contribution in [1.29, 1.82) is 0 Å². The lowest BCUT2D eigenvalue weighted by atomic mass is 10.1.